The van der Waals surface area contributed by atoms with Crippen LogP contribution in [0.2, 0.25) is 18.1 Å². The Morgan fingerprint density at radius 1 is 1.18 bits per heavy atom. The van der Waals surface area contributed by atoms with Crippen LogP contribution in [0.15, 0.2) is 0 Å². The normalized spacial score (nSPS) is 26.4. The molecule has 0 saturated heterocycles. The molecule has 28 heavy (non-hydrogen) atoms. The molecule has 1 spiro atoms. The first-order valence-corrected chi connectivity index (χ1v) is 14.2. The fraction of sp³-hybridized carbons (Fsp3) is 0.875. The molecule has 0 aliphatic heterocycles. The van der Waals surface area contributed by atoms with Crippen molar-refractivity contribution in [1.29, 1.82) is 0 Å². The average Bonchev–Trinajstić information content (AvgIpc) is 2.98. The van der Waals surface area contributed by atoms with Gasteiger partial charge in [-0.25, -0.2) is 0 Å². The van der Waals surface area contributed by atoms with Crippen LogP contribution in [0.3, 0.4) is 0 Å². The molecule has 3 nitrogen and oxygen atoms in total. The van der Waals surface area contributed by atoms with Crippen molar-refractivity contribution in [2.45, 2.75) is 122 Å². The molecule has 2 fully saturated rings. The summed E-state index contributed by atoms with van der Waals surface area (Å²) in [7, 11) is -1.88. The Labute approximate surface area is 174 Å². The first-order chi connectivity index (χ1) is 13.0. The third-order valence-electron chi connectivity index (χ3n) is 7.50. The smallest absolute Gasteiger partial charge is 0.194 e. The average molecular weight is 407 g/mol. The third kappa shape index (κ3) is 5.71. The fourth-order valence-electron chi connectivity index (χ4n) is 4.53. The van der Waals surface area contributed by atoms with E-state index in [0.717, 1.165) is 51.4 Å². The highest BCUT2D eigenvalue weighted by atomic mass is 28.4. The van der Waals surface area contributed by atoms with Gasteiger partial charge in [-0.05, 0) is 68.5 Å². The van der Waals surface area contributed by atoms with Crippen molar-refractivity contribution in [2.24, 2.45) is 5.41 Å². The number of ketones is 1. The van der Waals surface area contributed by atoms with Gasteiger partial charge in [0.25, 0.3) is 0 Å². The molecule has 0 unspecified atom stereocenters. The molecule has 0 N–H and O–H groups in total. The lowest BCUT2D eigenvalue weighted by atomic mass is 9.72. The second-order valence-corrected chi connectivity index (χ2v) is 15.3. The first-order valence-electron chi connectivity index (χ1n) is 11.3. The van der Waals surface area contributed by atoms with Gasteiger partial charge in [0.05, 0.1) is 6.10 Å². The second kappa shape index (κ2) is 9.02. The molecule has 2 aliphatic rings. The molecule has 2 aliphatic carbocycles. The minimum atomic E-state index is -1.88. The number of ether oxygens (including phenoxy) is 1. The van der Waals surface area contributed by atoms with Crippen molar-refractivity contribution < 1.29 is 14.0 Å². The summed E-state index contributed by atoms with van der Waals surface area (Å²) < 4.78 is 12.9. The third-order valence-corrected chi connectivity index (χ3v) is 12.0. The molecule has 2 rings (SSSR count). The van der Waals surface area contributed by atoms with E-state index in [1.807, 2.05) is 0 Å². The van der Waals surface area contributed by atoms with E-state index >= 15 is 0 Å². The maximum atomic E-state index is 11.9. The molecule has 2 atom stereocenters. The topological polar surface area (TPSA) is 35.5 Å². The van der Waals surface area contributed by atoms with Gasteiger partial charge in [0.15, 0.2) is 8.32 Å². The van der Waals surface area contributed by atoms with E-state index in [4.69, 9.17) is 9.16 Å². The van der Waals surface area contributed by atoms with Gasteiger partial charge in [-0.15, -0.1) is 0 Å². The van der Waals surface area contributed by atoms with Crippen molar-refractivity contribution in [1.82, 2.24) is 0 Å². The Bertz CT molecular complexity index is 604. The number of rotatable bonds is 6. The van der Waals surface area contributed by atoms with Gasteiger partial charge in [-0.1, -0.05) is 46.5 Å². The zero-order valence-corrected chi connectivity index (χ0v) is 20.4. The zero-order valence-electron chi connectivity index (χ0n) is 19.4. The van der Waals surface area contributed by atoms with E-state index in [9.17, 15) is 4.79 Å². The Kier molecular flexibility index (Phi) is 7.62. The highest BCUT2D eigenvalue weighted by molar-refractivity contribution is 6.74. The van der Waals surface area contributed by atoms with Gasteiger partial charge in [0.2, 0.25) is 0 Å². The quantitative estimate of drug-likeness (QED) is 0.385. The van der Waals surface area contributed by atoms with Crippen LogP contribution in [-0.2, 0) is 14.0 Å². The molecule has 0 aromatic carbocycles. The molecular weight excluding hydrogens is 364 g/mol. The van der Waals surface area contributed by atoms with Crippen LogP contribution < -0.4 is 0 Å². The summed E-state index contributed by atoms with van der Waals surface area (Å²) in [5.41, 5.74) is -0.130. The summed E-state index contributed by atoms with van der Waals surface area (Å²) >= 11 is 0. The van der Waals surface area contributed by atoms with Crippen molar-refractivity contribution in [3.05, 3.63) is 0 Å². The van der Waals surface area contributed by atoms with E-state index < -0.39 is 8.32 Å². The molecule has 0 aromatic heterocycles. The van der Waals surface area contributed by atoms with Crippen LogP contribution in [0.4, 0.5) is 0 Å². The van der Waals surface area contributed by atoms with E-state index in [1.54, 1.807) is 0 Å². The van der Waals surface area contributed by atoms with E-state index in [0.29, 0.717) is 12.4 Å². The molecule has 0 radical (unpaired) electrons. The first kappa shape index (κ1) is 23.6. The van der Waals surface area contributed by atoms with Gasteiger partial charge in [0, 0.05) is 12.8 Å². The Morgan fingerprint density at radius 2 is 1.86 bits per heavy atom. The minimum absolute atomic E-state index is 0.177. The minimum Gasteiger partial charge on any atom is -0.401 e. The highest BCUT2D eigenvalue weighted by Gasteiger charge is 2.44. The van der Waals surface area contributed by atoms with Crippen LogP contribution >= 0.6 is 0 Å². The summed E-state index contributed by atoms with van der Waals surface area (Å²) in [5, 5.41) is 0.177. The molecular formula is C24H42O3Si. The SMILES string of the molecule is CCC(C#CCO[C@@H]1CC[C@]2(CCCC(=O)C2)C1)(CC)O[Si](C)(C)C(C)(C)C. The number of hydrogen-bond donors (Lipinski definition) is 0. The van der Waals surface area contributed by atoms with E-state index in [1.165, 1.54) is 6.42 Å². The standard InChI is InChI=1S/C24H42O3Si/c1-8-24(9-2,27-28(6,7)22(3,4)5)15-11-17-26-21-13-16-23(19-21)14-10-12-20(25)18-23/h21H,8-10,12-14,16-19H2,1-7H3/t21-,23+/m1/s1. The number of hydrogen-bond acceptors (Lipinski definition) is 3. The number of carbonyl (C=O) groups excluding carboxylic acids is 1. The van der Waals surface area contributed by atoms with Gasteiger partial charge in [-0.2, -0.15) is 0 Å². The lowest BCUT2D eigenvalue weighted by molar-refractivity contribution is -0.123. The summed E-state index contributed by atoms with van der Waals surface area (Å²) in [6.07, 6.45) is 9.12. The van der Waals surface area contributed by atoms with Crippen LogP contribution in [0.1, 0.15) is 92.4 Å². The molecule has 0 heterocycles. The lowest BCUT2D eigenvalue weighted by Gasteiger charge is -2.43. The summed E-state index contributed by atoms with van der Waals surface area (Å²) in [4.78, 5) is 11.9. The van der Waals surface area contributed by atoms with Crippen molar-refractivity contribution >= 4 is 14.1 Å². The Balaban J connectivity index is 1.93. The second-order valence-electron chi connectivity index (χ2n) is 10.6. The van der Waals surface area contributed by atoms with Crippen molar-refractivity contribution in [3.8, 4) is 11.8 Å². The van der Waals surface area contributed by atoms with Gasteiger partial charge < -0.3 is 9.16 Å². The predicted molar refractivity (Wildman–Crippen MR) is 119 cm³/mol. The van der Waals surface area contributed by atoms with Crippen LogP contribution in [-0.4, -0.2) is 32.4 Å². The molecule has 160 valence electrons. The maximum absolute atomic E-state index is 11.9. The predicted octanol–water partition coefficient (Wildman–Crippen LogP) is 6.27. The molecule has 0 bridgehead atoms. The van der Waals surface area contributed by atoms with Gasteiger partial charge in [-0.3, -0.25) is 4.79 Å². The van der Waals surface area contributed by atoms with Crippen molar-refractivity contribution in [2.75, 3.05) is 6.61 Å². The van der Waals surface area contributed by atoms with E-state index in [-0.39, 0.29) is 22.2 Å². The molecule has 4 heteroatoms. The Hall–Kier alpha value is -0.633. The molecule has 2 saturated carbocycles. The Morgan fingerprint density at radius 3 is 2.43 bits per heavy atom. The van der Waals surface area contributed by atoms with Crippen LogP contribution in [0.5, 0.6) is 0 Å². The summed E-state index contributed by atoms with van der Waals surface area (Å²) in [5.74, 6) is 7.18. The van der Waals surface area contributed by atoms with Gasteiger partial charge >= 0.3 is 0 Å². The maximum Gasteiger partial charge on any atom is 0.194 e. The summed E-state index contributed by atoms with van der Waals surface area (Å²) in [6.45, 7) is 16.2. The number of carbonyl (C=O) groups is 1. The monoisotopic (exact) mass is 406 g/mol. The summed E-state index contributed by atoms with van der Waals surface area (Å²) in [6, 6.07) is 0. The highest BCUT2D eigenvalue weighted by Crippen LogP contribution is 2.48. The molecule has 0 amide bonds. The van der Waals surface area contributed by atoms with Crippen LogP contribution in [0, 0.1) is 17.3 Å². The lowest BCUT2D eigenvalue weighted by Crippen LogP contribution is -2.49. The largest absolute Gasteiger partial charge is 0.401 e. The number of Topliss-reactive ketones (excluding diaryl/α,β-unsaturated/α-hetero) is 1. The van der Waals surface area contributed by atoms with Crippen LogP contribution in [0.25, 0.3) is 0 Å². The zero-order chi connectivity index (χ0) is 21.1. The van der Waals surface area contributed by atoms with Crippen molar-refractivity contribution in [3.63, 3.8) is 0 Å². The molecule has 0 aromatic rings. The fourth-order valence-corrected chi connectivity index (χ4v) is 6.16. The van der Waals surface area contributed by atoms with Gasteiger partial charge in [0.1, 0.15) is 18.0 Å². The van der Waals surface area contributed by atoms with E-state index in [2.05, 4.69) is 59.6 Å².